The summed E-state index contributed by atoms with van der Waals surface area (Å²) in [4.78, 5) is 2.80. The third-order valence-electron chi connectivity index (χ3n) is 8.43. The summed E-state index contributed by atoms with van der Waals surface area (Å²) in [6.45, 7) is 7.15. The minimum atomic E-state index is 0.396. The molecule has 0 N–H and O–H groups in total. The summed E-state index contributed by atoms with van der Waals surface area (Å²) < 4.78 is 0. The molecule has 6 bridgehead atoms. The van der Waals surface area contributed by atoms with Crippen LogP contribution in [0.3, 0.4) is 0 Å². The Morgan fingerprint density at radius 1 is 0.864 bits per heavy atom. The van der Waals surface area contributed by atoms with E-state index in [4.69, 9.17) is 24.4 Å². The van der Waals surface area contributed by atoms with Crippen molar-refractivity contribution in [2.45, 2.75) is 72.1 Å². The Balaban J connectivity index is 0.000000114. The van der Waals surface area contributed by atoms with Gasteiger partial charge in [-0.25, -0.2) is 0 Å². The lowest BCUT2D eigenvalue weighted by molar-refractivity contribution is 0.112. The Bertz CT molecular complexity index is 488. The standard InChI is InChI=1S/C10H14S.C10H16S/c11-10-8-2-6-1-7(4-8)5-9(10)3-6;1-9(2)7-4-5-10(9,3)8(11)6-7/h6-9H,1-5H2;7H,4-6H2,1-3H3. The van der Waals surface area contributed by atoms with E-state index in [0.717, 1.165) is 29.6 Å². The summed E-state index contributed by atoms with van der Waals surface area (Å²) in [6.07, 6.45) is 11.3. The van der Waals surface area contributed by atoms with E-state index in [0.29, 0.717) is 10.8 Å². The van der Waals surface area contributed by atoms with Crippen molar-refractivity contribution >= 4 is 34.2 Å². The molecule has 2 atom stereocenters. The van der Waals surface area contributed by atoms with Gasteiger partial charge in [-0.15, -0.1) is 0 Å². The Labute approximate surface area is 146 Å². The second-order valence-corrected chi connectivity index (χ2v) is 10.6. The minimum absolute atomic E-state index is 0.396. The third-order valence-corrected chi connectivity index (χ3v) is 9.71. The predicted molar refractivity (Wildman–Crippen MR) is 101 cm³/mol. The van der Waals surface area contributed by atoms with E-state index in [9.17, 15) is 0 Å². The maximum Gasteiger partial charge on any atom is 0.00424 e. The normalized spacial score (nSPS) is 50.2. The van der Waals surface area contributed by atoms with E-state index in [1.54, 1.807) is 0 Å². The molecule has 0 aliphatic heterocycles. The van der Waals surface area contributed by atoms with E-state index in [-0.39, 0.29) is 0 Å². The molecule has 0 aromatic rings. The molecule has 6 aliphatic rings. The van der Waals surface area contributed by atoms with E-state index in [1.807, 2.05) is 0 Å². The van der Waals surface area contributed by atoms with Gasteiger partial charge in [0.2, 0.25) is 0 Å². The van der Waals surface area contributed by atoms with Crippen molar-refractivity contribution in [3.05, 3.63) is 0 Å². The predicted octanol–water partition coefficient (Wildman–Crippen LogP) is 6.01. The lowest BCUT2D eigenvalue weighted by Gasteiger charge is -2.50. The molecule has 0 amide bonds. The number of hydrogen-bond donors (Lipinski definition) is 0. The maximum absolute atomic E-state index is 5.47. The first kappa shape index (κ1) is 15.7. The van der Waals surface area contributed by atoms with Crippen molar-refractivity contribution in [2.24, 2.45) is 40.4 Å². The second kappa shape index (κ2) is 5.09. The van der Waals surface area contributed by atoms with Gasteiger partial charge < -0.3 is 0 Å². The first-order valence-corrected chi connectivity index (χ1v) is 10.2. The van der Waals surface area contributed by atoms with Gasteiger partial charge in [0.25, 0.3) is 0 Å². The van der Waals surface area contributed by atoms with Crippen LogP contribution in [0.2, 0.25) is 0 Å². The highest BCUT2D eigenvalue weighted by Gasteiger charge is 2.58. The minimum Gasteiger partial charge on any atom is -0.0891 e. The van der Waals surface area contributed by atoms with Crippen LogP contribution in [0.4, 0.5) is 0 Å². The maximum atomic E-state index is 5.47. The molecule has 22 heavy (non-hydrogen) atoms. The first-order valence-electron chi connectivity index (χ1n) is 9.38. The summed E-state index contributed by atoms with van der Waals surface area (Å²) >= 11 is 10.9. The molecule has 0 aromatic heterocycles. The molecule has 6 aliphatic carbocycles. The van der Waals surface area contributed by atoms with Gasteiger partial charge in [0, 0.05) is 5.41 Å². The van der Waals surface area contributed by atoms with Crippen LogP contribution < -0.4 is 0 Å². The van der Waals surface area contributed by atoms with Crippen LogP contribution in [0.1, 0.15) is 72.1 Å². The van der Waals surface area contributed by atoms with Crippen molar-refractivity contribution in [3.63, 3.8) is 0 Å². The summed E-state index contributed by atoms with van der Waals surface area (Å²) in [7, 11) is 0. The van der Waals surface area contributed by atoms with E-state index in [1.165, 1.54) is 61.1 Å². The zero-order valence-electron chi connectivity index (χ0n) is 14.4. The van der Waals surface area contributed by atoms with Gasteiger partial charge in [-0.3, -0.25) is 0 Å². The summed E-state index contributed by atoms with van der Waals surface area (Å²) in [5.74, 6) is 4.79. The van der Waals surface area contributed by atoms with Gasteiger partial charge in [-0.1, -0.05) is 45.2 Å². The van der Waals surface area contributed by atoms with Crippen LogP contribution in [-0.4, -0.2) is 9.73 Å². The summed E-state index contributed by atoms with van der Waals surface area (Å²) in [6, 6.07) is 0. The van der Waals surface area contributed by atoms with Gasteiger partial charge in [0.05, 0.1) is 0 Å². The van der Waals surface area contributed by atoms with Crippen LogP contribution >= 0.6 is 24.4 Å². The molecule has 6 fully saturated rings. The van der Waals surface area contributed by atoms with Crippen LogP contribution in [0.25, 0.3) is 0 Å². The van der Waals surface area contributed by atoms with E-state index < -0.39 is 0 Å². The Kier molecular flexibility index (Phi) is 3.63. The molecule has 0 nitrogen and oxygen atoms in total. The van der Waals surface area contributed by atoms with Crippen LogP contribution in [-0.2, 0) is 0 Å². The van der Waals surface area contributed by atoms with Crippen molar-refractivity contribution in [3.8, 4) is 0 Å². The number of hydrogen-bond acceptors (Lipinski definition) is 2. The van der Waals surface area contributed by atoms with Crippen molar-refractivity contribution in [2.75, 3.05) is 0 Å². The molecule has 122 valence electrons. The number of thiocarbonyl (C=S) groups is 2. The van der Waals surface area contributed by atoms with Gasteiger partial charge in [-0.2, -0.15) is 0 Å². The van der Waals surface area contributed by atoms with Gasteiger partial charge >= 0.3 is 0 Å². The smallest absolute Gasteiger partial charge is 0.00424 e. The number of rotatable bonds is 0. The molecule has 6 rings (SSSR count). The quantitative estimate of drug-likeness (QED) is 0.497. The highest BCUT2D eigenvalue weighted by atomic mass is 32.1. The van der Waals surface area contributed by atoms with Gasteiger partial charge in [-0.05, 0) is 96.1 Å². The molecular formula is C20H30S2. The Morgan fingerprint density at radius 2 is 1.41 bits per heavy atom. The Morgan fingerprint density at radius 3 is 1.73 bits per heavy atom. The van der Waals surface area contributed by atoms with Crippen LogP contribution in [0, 0.1) is 40.4 Å². The highest BCUT2D eigenvalue weighted by molar-refractivity contribution is 7.80. The Hall–Kier alpha value is 0.180. The van der Waals surface area contributed by atoms with Gasteiger partial charge in [0.15, 0.2) is 0 Å². The van der Waals surface area contributed by atoms with E-state index >= 15 is 0 Å². The SMILES string of the molecule is CC12CCC(CC1=S)C2(C)C.S=C1C2CC3CC(C2)CC1C3. The average Bonchev–Trinajstić information content (AvgIpc) is 2.77. The third kappa shape index (κ3) is 2.12. The monoisotopic (exact) mass is 334 g/mol. The van der Waals surface area contributed by atoms with Crippen LogP contribution in [0.15, 0.2) is 0 Å². The summed E-state index contributed by atoms with van der Waals surface area (Å²) in [5, 5.41) is 0. The molecule has 0 radical (unpaired) electrons. The summed E-state index contributed by atoms with van der Waals surface area (Å²) in [5.41, 5.74) is 0.886. The van der Waals surface area contributed by atoms with Crippen molar-refractivity contribution < 1.29 is 0 Å². The molecule has 2 unspecified atom stereocenters. The zero-order valence-corrected chi connectivity index (χ0v) is 16.0. The zero-order chi connectivity index (χ0) is 15.7. The topological polar surface area (TPSA) is 0 Å². The highest BCUT2D eigenvalue weighted by Crippen LogP contribution is 2.64. The molecule has 2 heteroatoms. The lowest BCUT2D eigenvalue weighted by Crippen LogP contribution is -2.44. The van der Waals surface area contributed by atoms with E-state index in [2.05, 4.69) is 20.8 Å². The molecule has 0 saturated heterocycles. The van der Waals surface area contributed by atoms with Crippen molar-refractivity contribution in [1.29, 1.82) is 0 Å². The van der Waals surface area contributed by atoms with Crippen LogP contribution in [0.5, 0.6) is 0 Å². The first-order chi connectivity index (χ1) is 10.3. The molecular weight excluding hydrogens is 304 g/mol. The largest absolute Gasteiger partial charge is 0.0891 e. The molecule has 0 spiro atoms. The van der Waals surface area contributed by atoms with Gasteiger partial charge in [0.1, 0.15) is 0 Å². The second-order valence-electron chi connectivity index (χ2n) is 9.62. The lowest BCUT2D eigenvalue weighted by atomic mass is 9.56. The fourth-order valence-electron chi connectivity index (χ4n) is 6.55. The number of fused-ring (bicyclic) bond motifs is 2. The molecule has 0 heterocycles. The fraction of sp³-hybridized carbons (Fsp3) is 0.900. The fourth-order valence-corrected chi connectivity index (χ4v) is 7.50. The van der Waals surface area contributed by atoms with Crippen molar-refractivity contribution in [1.82, 2.24) is 0 Å². The molecule has 0 aromatic carbocycles. The average molecular weight is 335 g/mol. The molecule has 6 saturated carbocycles.